The Balaban J connectivity index is 2.93. The highest BCUT2D eigenvalue weighted by atomic mass is 16.4. The van der Waals surface area contributed by atoms with Gasteiger partial charge in [0.05, 0.1) is 0 Å². The van der Waals surface area contributed by atoms with Gasteiger partial charge in [0.25, 0.3) is 0 Å². The van der Waals surface area contributed by atoms with Crippen LogP contribution in [0.15, 0.2) is 30.3 Å². The van der Waals surface area contributed by atoms with E-state index in [1.165, 1.54) is 0 Å². The predicted octanol–water partition coefficient (Wildman–Crippen LogP) is 3.79. The summed E-state index contributed by atoms with van der Waals surface area (Å²) >= 11 is 0. The molecule has 0 aliphatic carbocycles. The molecular weight excluding hydrogens is 262 g/mol. The van der Waals surface area contributed by atoms with Gasteiger partial charge in [-0.2, -0.15) is 0 Å². The van der Waals surface area contributed by atoms with Gasteiger partial charge in [-0.3, -0.25) is 4.79 Å². The number of carboxylic acids is 1. The summed E-state index contributed by atoms with van der Waals surface area (Å²) in [6, 6.07) is 9.58. The normalized spacial score (nSPS) is 14.4. The number of carbonyl (C=O) groups is 1. The standard InChI is InChI=1S/C18H29NO2/c1-5-15(6-2)13-19(7-3)14-18(4,17(20)21)16-11-9-8-10-12-16/h8-12,15H,5-7,13-14H2,1-4H3,(H,20,21). The topological polar surface area (TPSA) is 40.5 Å². The first-order valence-electron chi connectivity index (χ1n) is 7.99. The van der Waals surface area contributed by atoms with E-state index in [4.69, 9.17) is 0 Å². The SMILES string of the molecule is CCC(CC)CN(CC)CC(C)(C(=O)O)c1ccccc1. The van der Waals surface area contributed by atoms with Crippen LogP contribution in [0, 0.1) is 5.92 Å². The van der Waals surface area contributed by atoms with Gasteiger partial charge >= 0.3 is 5.97 Å². The Morgan fingerprint density at radius 1 is 1.19 bits per heavy atom. The van der Waals surface area contributed by atoms with Crippen LogP contribution in [-0.4, -0.2) is 35.6 Å². The van der Waals surface area contributed by atoms with Crippen molar-refractivity contribution in [2.75, 3.05) is 19.6 Å². The van der Waals surface area contributed by atoms with Crippen LogP contribution in [-0.2, 0) is 10.2 Å². The average molecular weight is 291 g/mol. The van der Waals surface area contributed by atoms with E-state index in [1.807, 2.05) is 37.3 Å². The molecule has 0 radical (unpaired) electrons. The maximum Gasteiger partial charge on any atom is 0.315 e. The van der Waals surface area contributed by atoms with E-state index >= 15 is 0 Å². The highest BCUT2D eigenvalue weighted by Crippen LogP contribution is 2.26. The van der Waals surface area contributed by atoms with E-state index < -0.39 is 11.4 Å². The Kier molecular flexibility index (Phi) is 6.90. The maximum absolute atomic E-state index is 11.9. The lowest BCUT2D eigenvalue weighted by molar-refractivity contribution is -0.144. The van der Waals surface area contributed by atoms with Crippen LogP contribution in [0.3, 0.4) is 0 Å². The summed E-state index contributed by atoms with van der Waals surface area (Å²) in [4.78, 5) is 14.1. The first-order chi connectivity index (χ1) is 9.97. The first kappa shape index (κ1) is 17.7. The molecule has 1 aromatic rings. The Hall–Kier alpha value is -1.35. The van der Waals surface area contributed by atoms with E-state index in [1.54, 1.807) is 0 Å². The van der Waals surface area contributed by atoms with E-state index in [0.29, 0.717) is 12.5 Å². The van der Waals surface area contributed by atoms with Crippen molar-refractivity contribution >= 4 is 5.97 Å². The zero-order chi connectivity index (χ0) is 15.9. The van der Waals surface area contributed by atoms with E-state index in [2.05, 4.69) is 25.7 Å². The molecule has 1 unspecified atom stereocenters. The molecule has 1 N–H and O–H groups in total. The van der Waals surface area contributed by atoms with Gasteiger partial charge < -0.3 is 10.0 Å². The number of nitrogens with zero attached hydrogens (tertiary/aromatic N) is 1. The molecule has 0 bridgehead atoms. The van der Waals surface area contributed by atoms with Crippen molar-refractivity contribution in [2.45, 2.75) is 46.0 Å². The maximum atomic E-state index is 11.9. The number of aliphatic carboxylic acids is 1. The van der Waals surface area contributed by atoms with Crippen molar-refractivity contribution < 1.29 is 9.90 Å². The Morgan fingerprint density at radius 3 is 2.19 bits per heavy atom. The van der Waals surface area contributed by atoms with Crippen molar-refractivity contribution in [3.05, 3.63) is 35.9 Å². The van der Waals surface area contributed by atoms with E-state index in [9.17, 15) is 9.90 Å². The minimum absolute atomic E-state index is 0.555. The smallest absolute Gasteiger partial charge is 0.315 e. The van der Waals surface area contributed by atoms with Gasteiger partial charge in [0.15, 0.2) is 0 Å². The highest BCUT2D eigenvalue weighted by molar-refractivity contribution is 5.81. The molecule has 0 amide bonds. The monoisotopic (exact) mass is 291 g/mol. The Bertz CT molecular complexity index is 428. The zero-order valence-electron chi connectivity index (χ0n) is 13.8. The largest absolute Gasteiger partial charge is 0.481 e. The molecule has 0 saturated heterocycles. The molecule has 0 fully saturated rings. The molecule has 3 nitrogen and oxygen atoms in total. The minimum atomic E-state index is -0.858. The summed E-state index contributed by atoms with van der Waals surface area (Å²) in [5.74, 6) is -0.115. The lowest BCUT2D eigenvalue weighted by Gasteiger charge is -2.34. The summed E-state index contributed by atoms with van der Waals surface area (Å²) in [6.07, 6.45) is 2.28. The van der Waals surface area contributed by atoms with Crippen molar-refractivity contribution in [2.24, 2.45) is 5.92 Å². The number of hydrogen-bond donors (Lipinski definition) is 1. The minimum Gasteiger partial charge on any atom is -0.481 e. The van der Waals surface area contributed by atoms with Crippen molar-refractivity contribution in [1.82, 2.24) is 4.90 Å². The fourth-order valence-corrected chi connectivity index (χ4v) is 2.75. The van der Waals surface area contributed by atoms with Gasteiger partial charge in [-0.05, 0) is 24.9 Å². The van der Waals surface area contributed by atoms with Crippen LogP contribution < -0.4 is 0 Å². The van der Waals surface area contributed by atoms with Gasteiger partial charge in [-0.15, -0.1) is 0 Å². The third-order valence-corrected chi connectivity index (χ3v) is 4.54. The first-order valence-corrected chi connectivity index (χ1v) is 7.99. The molecule has 118 valence electrons. The molecule has 0 aromatic heterocycles. The summed E-state index contributed by atoms with van der Waals surface area (Å²) in [5.41, 5.74) is 0.0176. The number of rotatable bonds is 9. The molecule has 3 heteroatoms. The van der Waals surface area contributed by atoms with Crippen LogP contribution >= 0.6 is 0 Å². The van der Waals surface area contributed by atoms with Crippen molar-refractivity contribution in [1.29, 1.82) is 0 Å². The van der Waals surface area contributed by atoms with Crippen molar-refractivity contribution in [3.63, 3.8) is 0 Å². The fourth-order valence-electron chi connectivity index (χ4n) is 2.75. The number of hydrogen-bond acceptors (Lipinski definition) is 2. The average Bonchev–Trinajstić information content (AvgIpc) is 2.51. The number of likely N-dealkylation sites (N-methyl/N-ethyl adjacent to an activating group) is 1. The lowest BCUT2D eigenvalue weighted by atomic mass is 9.81. The molecule has 1 aromatic carbocycles. The molecule has 21 heavy (non-hydrogen) atoms. The predicted molar refractivity (Wildman–Crippen MR) is 87.6 cm³/mol. The van der Waals surface area contributed by atoms with Gasteiger partial charge in [0.1, 0.15) is 5.41 Å². The van der Waals surface area contributed by atoms with Gasteiger partial charge in [0, 0.05) is 13.1 Å². The third-order valence-electron chi connectivity index (χ3n) is 4.54. The molecule has 0 heterocycles. The molecule has 0 aliphatic heterocycles. The van der Waals surface area contributed by atoms with Crippen LogP contribution in [0.4, 0.5) is 0 Å². The van der Waals surface area contributed by atoms with E-state index in [0.717, 1.165) is 31.5 Å². The second kappa shape index (κ2) is 8.18. The summed E-state index contributed by atoms with van der Waals surface area (Å²) in [7, 11) is 0. The Labute approximate surface area is 129 Å². The van der Waals surface area contributed by atoms with Gasteiger partial charge in [0.2, 0.25) is 0 Å². The summed E-state index contributed by atoms with van der Waals surface area (Å²) < 4.78 is 0. The van der Waals surface area contributed by atoms with Crippen LogP contribution in [0.25, 0.3) is 0 Å². The van der Waals surface area contributed by atoms with Crippen molar-refractivity contribution in [3.8, 4) is 0 Å². The molecule has 1 atom stereocenters. The molecular formula is C18H29NO2. The van der Waals surface area contributed by atoms with Crippen LogP contribution in [0.2, 0.25) is 0 Å². The number of carboxylic acid groups (broad SMARTS) is 1. The van der Waals surface area contributed by atoms with Gasteiger partial charge in [-0.25, -0.2) is 0 Å². The third kappa shape index (κ3) is 4.57. The molecule has 1 rings (SSSR count). The zero-order valence-corrected chi connectivity index (χ0v) is 13.8. The van der Waals surface area contributed by atoms with Gasteiger partial charge in [-0.1, -0.05) is 63.9 Å². The fraction of sp³-hybridized carbons (Fsp3) is 0.611. The summed E-state index contributed by atoms with van der Waals surface area (Å²) in [6.45, 7) is 10.8. The Morgan fingerprint density at radius 2 is 1.76 bits per heavy atom. The van der Waals surface area contributed by atoms with Crippen LogP contribution in [0.1, 0.15) is 46.1 Å². The van der Waals surface area contributed by atoms with E-state index in [-0.39, 0.29) is 0 Å². The second-order valence-corrected chi connectivity index (χ2v) is 6.01. The van der Waals surface area contributed by atoms with Crippen LogP contribution in [0.5, 0.6) is 0 Å². The molecule has 0 aliphatic rings. The lowest BCUT2D eigenvalue weighted by Crippen LogP contribution is -2.45. The highest BCUT2D eigenvalue weighted by Gasteiger charge is 2.36. The molecule has 0 saturated carbocycles. The number of benzene rings is 1. The second-order valence-electron chi connectivity index (χ2n) is 6.01. The quantitative estimate of drug-likeness (QED) is 0.752. The molecule has 0 spiro atoms. The summed E-state index contributed by atoms with van der Waals surface area (Å²) in [5, 5.41) is 9.75.